The highest BCUT2D eigenvalue weighted by molar-refractivity contribution is 5.97. The van der Waals surface area contributed by atoms with E-state index in [0.29, 0.717) is 11.4 Å². The van der Waals surface area contributed by atoms with Crippen molar-refractivity contribution in [2.75, 3.05) is 63.5 Å². The van der Waals surface area contributed by atoms with E-state index in [2.05, 4.69) is 10.6 Å². The molecule has 0 amide bonds. The summed E-state index contributed by atoms with van der Waals surface area (Å²) in [7, 11) is 0. The Labute approximate surface area is 294 Å². The van der Waals surface area contributed by atoms with E-state index in [9.17, 15) is 35.9 Å². The summed E-state index contributed by atoms with van der Waals surface area (Å²) in [5.74, 6) is -1.26. The number of esters is 2. The van der Waals surface area contributed by atoms with Gasteiger partial charge < -0.3 is 39.8 Å². The minimum Gasteiger partial charge on any atom is -0.460 e. The zero-order chi connectivity index (χ0) is 38.0. The number of nitrogens with one attached hydrogen (secondary N) is 2. The number of carbonyl (C=O) groups is 2. The Balaban J connectivity index is 0.000000280. The van der Waals surface area contributed by atoms with Crippen molar-refractivity contribution in [3.05, 3.63) is 119 Å². The summed E-state index contributed by atoms with van der Waals surface area (Å²) >= 11 is 0. The first-order chi connectivity index (χ1) is 24.8. The standard InChI is InChI=1S/2C18H18F3NO4/c2*19-18(20,21)13-4-3-5-14(12-13)22-16-7-2-1-6-15(16)17(24)26-11-10-25-9-8-23/h2*1-7,12,22-23H,8-11H2. The highest BCUT2D eigenvalue weighted by Crippen LogP contribution is 2.33. The van der Waals surface area contributed by atoms with Gasteiger partial charge in [-0.2, -0.15) is 26.3 Å². The zero-order valence-corrected chi connectivity index (χ0v) is 27.5. The van der Waals surface area contributed by atoms with Crippen LogP contribution in [0, 0.1) is 0 Å². The monoisotopic (exact) mass is 738 g/mol. The highest BCUT2D eigenvalue weighted by atomic mass is 19.4. The molecule has 0 saturated heterocycles. The summed E-state index contributed by atoms with van der Waals surface area (Å²) in [5.41, 5.74) is -0.148. The highest BCUT2D eigenvalue weighted by Gasteiger charge is 2.31. The number of anilines is 4. The maximum absolute atomic E-state index is 12.8. The molecule has 52 heavy (non-hydrogen) atoms. The van der Waals surface area contributed by atoms with E-state index in [1.54, 1.807) is 36.4 Å². The van der Waals surface area contributed by atoms with Gasteiger partial charge in [-0.1, -0.05) is 36.4 Å². The molecule has 0 heterocycles. The molecule has 0 aliphatic heterocycles. The lowest BCUT2D eigenvalue weighted by Gasteiger charge is -2.13. The number of para-hydroxylation sites is 2. The van der Waals surface area contributed by atoms with Crippen LogP contribution in [-0.2, 0) is 31.3 Å². The molecular weight excluding hydrogens is 702 g/mol. The molecule has 4 rings (SSSR count). The smallest absolute Gasteiger partial charge is 0.416 e. The third-order valence-corrected chi connectivity index (χ3v) is 6.62. The lowest BCUT2D eigenvalue weighted by atomic mass is 10.1. The Kier molecular flexibility index (Phi) is 16.4. The van der Waals surface area contributed by atoms with Gasteiger partial charge in [-0.25, -0.2) is 9.59 Å². The molecule has 0 bridgehead atoms. The molecule has 280 valence electrons. The predicted octanol–water partition coefficient (Wildman–Crippen LogP) is 7.23. The second-order valence-corrected chi connectivity index (χ2v) is 10.4. The molecular formula is C36H36F6N2O8. The topological polar surface area (TPSA) is 136 Å². The molecule has 0 aliphatic carbocycles. The summed E-state index contributed by atoms with van der Waals surface area (Å²) in [5, 5.41) is 22.8. The molecule has 0 atom stereocenters. The summed E-state index contributed by atoms with van der Waals surface area (Å²) in [6, 6.07) is 22.1. The summed E-state index contributed by atoms with van der Waals surface area (Å²) in [4.78, 5) is 24.3. The van der Waals surface area contributed by atoms with Crippen LogP contribution in [0.1, 0.15) is 31.8 Å². The van der Waals surface area contributed by atoms with Crippen molar-refractivity contribution < 1.29 is 65.1 Å². The number of aliphatic hydroxyl groups is 2. The molecule has 0 aliphatic rings. The average molecular weight is 739 g/mol. The number of hydrogen-bond acceptors (Lipinski definition) is 10. The molecule has 4 aromatic carbocycles. The first-order valence-corrected chi connectivity index (χ1v) is 15.6. The first kappa shape index (κ1) is 41.3. The second kappa shape index (κ2) is 20.6. The molecule has 0 saturated carbocycles. The lowest BCUT2D eigenvalue weighted by Crippen LogP contribution is -2.13. The fourth-order valence-electron chi connectivity index (χ4n) is 4.27. The van der Waals surface area contributed by atoms with Crippen molar-refractivity contribution in [2.45, 2.75) is 12.4 Å². The molecule has 4 N–H and O–H groups in total. The summed E-state index contributed by atoms with van der Waals surface area (Å²) < 4.78 is 97.0. The van der Waals surface area contributed by atoms with Crippen LogP contribution in [0.4, 0.5) is 49.1 Å². The lowest BCUT2D eigenvalue weighted by molar-refractivity contribution is -0.138. The maximum atomic E-state index is 12.8. The van der Waals surface area contributed by atoms with Gasteiger partial charge in [0.2, 0.25) is 0 Å². The predicted molar refractivity (Wildman–Crippen MR) is 179 cm³/mol. The van der Waals surface area contributed by atoms with Crippen molar-refractivity contribution in [2.24, 2.45) is 0 Å². The first-order valence-electron chi connectivity index (χ1n) is 15.6. The quantitative estimate of drug-likeness (QED) is 0.0530. The van der Waals surface area contributed by atoms with E-state index >= 15 is 0 Å². The Morgan fingerprint density at radius 1 is 0.519 bits per heavy atom. The van der Waals surface area contributed by atoms with Crippen LogP contribution in [0.2, 0.25) is 0 Å². The fourth-order valence-corrected chi connectivity index (χ4v) is 4.27. The SMILES string of the molecule is O=C(OCCOCCO)c1ccccc1Nc1cccc(C(F)(F)F)c1.O=C(OCCOCCO)c1ccccc1Nc1cccc(C(F)(F)F)c1. The van der Waals surface area contributed by atoms with Gasteiger partial charge in [0.05, 0.1) is 73.3 Å². The summed E-state index contributed by atoms with van der Waals surface area (Å²) in [6.07, 6.45) is -8.91. The molecule has 16 heteroatoms. The Bertz CT molecular complexity index is 1590. The second-order valence-electron chi connectivity index (χ2n) is 10.4. The molecule has 4 aromatic rings. The molecule has 10 nitrogen and oxygen atoms in total. The number of ether oxygens (including phenoxy) is 4. The van der Waals surface area contributed by atoms with Gasteiger partial charge in [-0.3, -0.25) is 0 Å². The number of hydrogen-bond donors (Lipinski definition) is 4. The van der Waals surface area contributed by atoms with E-state index in [4.69, 9.17) is 29.2 Å². The van der Waals surface area contributed by atoms with Crippen molar-refractivity contribution in [1.82, 2.24) is 0 Å². The van der Waals surface area contributed by atoms with E-state index in [-0.39, 0.29) is 75.4 Å². The van der Waals surface area contributed by atoms with Crippen molar-refractivity contribution in [3.8, 4) is 0 Å². The van der Waals surface area contributed by atoms with E-state index in [0.717, 1.165) is 24.3 Å². The van der Waals surface area contributed by atoms with Gasteiger partial charge in [0.1, 0.15) is 13.2 Å². The van der Waals surface area contributed by atoms with E-state index in [1.165, 1.54) is 36.4 Å². The van der Waals surface area contributed by atoms with Crippen LogP contribution in [0.5, 0.6) is 0 Å². The van der Waals surface area contributed by atoms with Crippen LogP contribution in [0.15, 0.2) is 97.1 Å². The van der Waals surface area contributed by atoms with Crippen LogP contribution >= 0.6 is 0 Å². The molecule has 0 unspecified atom stereocenters. The van der Waals surface area contributed by atoms with Gasteiger partial charge in [-0.15, -0.1) is 0 Å². The molecule has 0 spiro atoms. The van der Waals surface area contributed by atoms with E-state index in [1.807, 2.05) is 0 Å². The Morgan fingerprint density at radius 2 is 0.904 bits per heavy atom. The molecule has 0 aromatic heterocycles. The minimum atomic E-state index is -4.45. The van der Waals surface area contributed by atoms with Crippen LogP contribution in [-0.4, -0.2) is 75.0 Å². The van der Waals surface area contributed by atoms with Gasteiger partial charge >= 0.3 is 24.3 Å². The Morgan fingerprint density at radius 3 is 1.27 bits per heavy atom. The summed E-state index contributed by atoms with van der Waals surface area (Å²) in [6.45, 7) is 0.296. The number of benzene rings is 4. The normalized spacial score (nSPS) is 11.2. The Hall–Kier alpha value is -5.16. The number of rotatable bonds is 16. The van der Waals surface area contributed by atoms with Crippen molar-refractivity contribution in [3.63, 3.8) is 0 Å². The van der Waals surface area contributed by atoms with Gasteiger partial charge in [0.25, 0.3) is 0 Å². The molecule has 0 radical (unpaired) electrons. The van der Waals surface area contributed by atoms with Gasteiger partial charge in [0, 0.05) is 11.4 Å². The average Bonchev–Trinajstić information content (AvgIpc) is 3.11. The third-order valence-electron chi connectivity index (χ3n) is 6.62. The number of halogens is 6. The minimum absolute atomic E-state index is 0.00325. The zero-order valence-electron chi connectivity index (χ0n) is 27.5. The van der Waals surface area contributed by atoms with Gasteiger partial charge in [-0.05, 0) is 60.7 Å². The fraction of sp³-hybridized carbons (Fsp3) is 0.278. The third kappa shape index (κ3) is 13.9. The molecule has 0 fully saturated rings. The van der Waals surface area contributed by atoms with Crippen molar-refractivity contribution >= 4 is 34.7 Å². The number of alkyl halides is 6. The van der Waals surface area contributed by atoms with Crippen LogP contribution < -0.4 is 10.6 Å². The maximum Gasteiger partial charge on any atom is 0.416 e. The number of carbonyl (C=O) groups excluding carboxylic acids is 2. The largest absolute Gasteiger partial charge is 0.460 e. The van der Waals surface area contributed by atoms with Gasteiger partial charge in [0.15, 0.2) is 0 Å². The van der Waals surface area contributed by atoms with Crippen LogP contribution in [0.3, 0.4) is 0 Å². The number of aliphatic hydroxyl groups excluding tert-OH is 2. The van der Waals surface area contributed by atoms with Crippen LogP contribution in [0.25, 0.3) is 0 Å². The van der Waals surface area contributed by atoms with E-state index < -0.39 is 35.4 Å². The van der Waals surface area contributed by atoms with Crippen molar-refractivity contribution in [1.29, 1.82) is 0 Å².